The van der Waals surface area contributed by atoms with Gasteiger partial charge in [0.15, 0.2) is 0 Å². The van der Waals surface area contributed by atoms with Crippen LogP contribution in [0.2, 0.25) is 0 Å². The van der Waals surface area contributed by atoms with Crippen molar-refractivity contribution in [1.82, 2.24) is 0 Å². The third kappa shape index (κ3) is 55.4. The van der Waals surface area contributed by atoms with E-state index in [1.165, 1.54) is 51.4 Å². The third-order valence-electron chi connectivity index (χ3n) is 10.7. The first kappa shape index (κ1) is 65.6. The van der Waals surface area contributed by atoms with E-state index in [1.54, 1.807) is 0 Å². The van der Waals surface area contributed by atoms with E-state index in [9.17, 15) is 14.3 Å². The van der Waals surface area contributed by atoms with Gasteiger partial charge in [0.05, 0.1) is 34.4 Å². The van der Waals surface area contributed by atoms with Crippen molar-refractivity contribution in [2.24, 2.45) is 0 Å². The number of unbranched alkanes of at least 4 members (excludes halogenated alkanes) is 12. The number of nitrogens with zero attached hydrogens (tertiary/aromatic N) is 1. The summed E-state index contributed by atoms with van der Waals surface area (Å²) in [4.78, 5) is 23.1. The van der Waals surface area contributed by atoms with Crippen LogP contribution < -0.4 is 0 Å². The van der Waals surface area contributed by atoms with E-state index >= 15 is 0 Å². The molecule has 0 heterocycles. The summed E-state index contributed by atoms with van der Waals surface area (Å²) >= 11 is 0. The number of carbonyl (C=O) groups is 1. The molecule has 0 aromatic rings. The van der Waals surface area contributed by atoms with Gasteiger partial charge in [0.1, 0.15) is 19.3 Å². The Balaban J connectivity index is 4.26. The second kappa shape index (κ2) is 51.0. The summed E-state index contributed by atoms with van der Waals surface area (Å²) in [5.41, 5.74) is 0. The van der Waals surface area contributed by atoms with Crippen LogP contribution in [0.1, 0.15) is 181 Å². The molecule has 8 nitrogen and oxygen atoms in total. The highest BCUT2D eigenvalue weighted by Crippen LogP contribution is 2.43. The lowest BCUT2D eigenvalue weighted by Crippen LogP contribution is -2.37. The van der Waals surface area contributed by atoms with Crippen molar-refractivity contribution in [3.05, 3.63) is 134 Å². The van der Waals surface area contributed by atoms with E-state index in [2.05, 4.69) is 148 Å². The molecule has 0 fully saturated rings. The lowest BCUT2D eigenvalue weighted by molar-refractivity contribution is -0.870. The Morgan fingerprint density at radius 3 is 1.19 bits per heavy atom. The molecule has 2 atom stereocenters. The van der Waals surface area contributed by atoms with Crippen LogP contribution in [0.4, 0.5) is 0 Å². The number of likely N-dealkylation sites (N-methyl/N-ethyl adjacent to an activating group) is 1. The average molecular weight is 979 g/mol. The summed E-state index contributed by atoms with van der Waals surface area (Å²) in [6.45, 7) is 5.25. The van der Waals surface area contributed by atoms with E-state index in [0.29, 0.717) is 24.1 Å². The van der Waals surface area contributed by atoms with E-state index in [-0.39, 0.29) is 25.8 Å². The molecular weight excluding hydrogens is 878 g/mol. The Morgan fingerprint density at radius 1 is 0.449 bits per heavy atom. The van der Waals surface area contributed by atoms with Crippen molar-refractivity contribution in [2.45, 2.75) is 187 Å². The molecule has 0 rings (SSSR count). The smallest absolute Gasteiger partial charge is 0.457 e. The van der Waals surface area contributed by atoms with Gasteiger partial charge in [-0.15, -0.1) is 0 Å². The van der Waals surface area contributed by atoms with Gasteiger partial charge < -0.3 is 18.9 Å². The van der Waals surface area contributed by atoms with Gasteiger partial charge in [-0.3, -0.25) is 13.8 Å². The number of hydrogen-bond donors (Lipinski definition) is 1. The van der Waals surface area contributed by atoms with Crippen molar-refractivity contribution >= 4 is 13.8 Å². The van der Waals surface area contributed by atoms with Crippen molar-refractivity contribution in [3.8, 4) is 0 Å². The van der Waals surface area contributed by atoms with Gasteiger partial charge in [0, 0.05) is 13.0 Å². The second-order valence-corrected chi connectivity index (χ2v) is 19.9. The fraction of sp³-hybridized carbons (Fsp3) is 0.617. The molecule has 0 saturated heterocycles. The summed E-state index contributed by atoms with van der Waals surface area (Å²) in [6, 6.07) is 0. The molecule has 0 aromatic heterocycles. The number of quaternary nitrogens is 1. The molecule has 0 saturated carbocycles. The second-order valence-electron chi connectivity index (χ2n) is 18.5. The Kier molecular flexibility index (Phi) is 48.5. The zero-order chi connectivity index (χ0) is 50.5. The molecule has 0 aliphatic rings. The molecule has 69 heavy (non-hydrogen) atoms. The van der Waals surface area contributed by atoms with Gasteiger partial charge in [0.25, 0.3) is 0 Å². The van der Waals surface area contributed by atoms with Gasteiger partial charge in [-0.05, 0) is 109 Å². The number of allylic oxidation sites excluding steroid dienone is 22. The minimum absolute atomic E-state index is 0.0708. The summed E-state index contributed by atoms with van der Waals surface area (Å²) in [7, 11) is 1.61. The molecule has 2 unspecified atom stereocenters. The maximum Gasteiger partial charge on any atom is 0.472 e. The number of esters is 1. The standard InChI is InChI=1S/C60H100NO7P/c1-6-8-10-12-14-16-18-20-22-24-26-28-30-32-34-36-38-40-42-44-46-48-50-52-55-65-57-59(58-67-69(63,64)66-56-54-61(3,4)5)68-60(62)53-51-49-47-45-43-41-39-37-35-33-31-29-27-25-23-21-19-17-15-13-11-9-7-2/h8-11,14-17,20-23,26-29,32,34,38,40,44,46,59H,6-7,12-13,18-19,24-25,30-31,33,35-37,39,41-43,45,47-58H2,1-5H3/p+1/b10-8-,11-9-,16-14-,17-15-,22-20-,23-21-,28-26-,29-27-,34-32-,40-38-,46-44-. The predicted molar refractivity (Wildman–Crippen MR) is 297 cm³/mol. The zero-order valence-electron chi connectivity index (χ0n) is 44.5. The molecule has 0 aliphatic heterocycles. The van der Waals surface area contributed by atoms with Crippen LogP contribution in [0.15, 0.2) is 134 Å². The van der Waals surface area contributed by atoms with E-state index in [4.69, 9.17) is 18.5 Å². The normalized spacial score (nSPS) is 14.6. The van der Waals surface area contributed by atoms with Crippen LogP contribution in [-0.2, 0) is 27.9 Å². The highest BCUT2D eigenvalue weighted by Gasteiger charge is 2.26. The van der Waals surface area contributed by atoms with E-state index < -0.39 is 13.9 Å². The minimum Gasteiger partial charge on any atom is -0.457 e. The Hall–Kier alpha value is -3.36. The average Bonchev–Trinajstić information content (AvgIpc) is 3.31. The maximum absolute atomic E-state index is 12.8. The fourth-order valence-corrected chi connectivity index (χ4v) is 7.38. The molecule has 9 heteroatoms. The Labute approximate surface area is 424 Å². The highest BCUT2D eigenvalue weighted by atomic mass is 31.2. The molecule has 392 valence electrons. The summed E-state index contributed by atoms with van der Waals surface area (Å²) < 4.78 is 35.1. The van der Waals surface area contributed by atoms with Gasteiger partial charge in [0.2, 0.25) is 0 Å². The van der Waals surface area contributed by atoms with Crippen LogP contribution in [-0.4, -0.2) is 75.6 Å². The summed E-state index contributed by atoms with van der Waals surface area (Å²) in [5, 5.41) is 0. The zero-order valence-corrected chi connectivity index (χ0v) is 45.4. The van der Waals surface area contributed by atoms with Crippen molar-refractivity contribution in [1.29, 1.82) is 0 Å². The summed E-state index contributed by atoms with van der Waals surface area (Å²) in [5.74, 6) is -0.340. The molecule has 0 radical (unpaired) electrons. The molecule has 0 aliphatic carbocycles. The molecule has 0 spiro atoms. The number of ether oxygens (including phenoxy) is 2. The first-order valence-electron chi connectivity index (χ1n) is 26.9. The van der Waals surface area contributed by atoms with Crippen molar-refractivity contribution < 1.29 is 37.3 Å². The number of phosphoric ester groups is 1. The quantitative estimate of drug-likeness (QED) is 0.0213. The van der Waals surface area contributed by atoms with Crippen LogP contribution >= 0.6 is 7.82 Å². The van der Waals surface area contributed by atoms with Crippen LogP contribution in [0.5, 0.6) is 0 Å². The van der Waals surface area contributed by atoms with Gasteiger partial charge in [-0.25, -0.2) is 4.57 Å². The van der Waals surface area contributed by atoms with Gasteiger partial charge in [-0.1, -0.05) is 199 Å². The molecular formula is C60H101NO7P+. The van der Waals surface area contributed by atoms with Gasteiger partial charge >= 0.3 is 13.8 Å². The molecule has 0 bridgehead atoms. The third-order valence-corrected chi connectivity index (χ3v) is 11.7. The number of hydrogen-bond acceptors (Lipinski definition) is 6. The SMILES string of the molecule is CC/C=C\C/C=C\C/C=C\C/C=C\C/C=C\C/C=C\C/C=C\CCCCOCC(COP(=O)(O)OCC[N+](C)(C)C)OC(=O)CCCCCCCCCCCC/C=C\C/C=C\C/C=C\C/C=C\CC. The van der Waals surface area contributed by atoms with Crippen LogP contribution in [0, 0.1) is 0 Å². The van der Waals surface area contributed by atoms with Crippen LogP contribution in [0.3, 0.4) is 0 Å². The van der Waals surface area contributed by atoms with Crippen LogP contribution in [0.25, 0.3) is 0 Å². The molecule has 1 N–H and O–H groups in total. The van der Waals surface area contributed by atoms with Gasteiger partial charge in [-0.2, -0.15) is 0 Å². The maximum atomic E-state index is 12.8. The van der Waals surface area contributed by atoms with Crippen molar-refractivity contribution in [2.75, 3.05) is 54.1 Å². The van der Waals surface area contributed by atoms with Crippen molar-refractivity contribution in [3.63, 3.8) is 0 Å². The topological polar surface area (TPSA) is 91.3 Å². The minimum atomic E-state index is -4.31. The lowest BCUT2D eigenvalue weighted by atomic mass is 10.0. The fourth-order valence-electron chi connectivity index (χ4n) is 6.64. The number of carbonyl (C=O) groups excluding carboxylic acids is 1. The highest BCUT2D eigenvalue weighted by molar-refractivity contribution is 7.47. The first-order chi connectivity index (χ1) is 33.6. The first-order valence-corrected chi connectivity index (χ1v) is 28.4. The van der Waals surface area contributed by atoms with E-state index in [0.717, 1.165) is 109 Å². The van der Waals surface area contributed by atoms with E-state index in [1.807, 2.05) is 21.1 Å². The molecule has 0 aromatic carbocycles. The monoisotopic (exact) mass is 979 g/mol. The number of rotatable bonds is 48. The Morgan fingerprint density at radius 2 is 0.797 bits per heavy atom. The largest absolute Gasteiger partial charge is 0.472 e. The number of phosphoric acid groups is 1. The molecule has 0 amide bonds. The predicted octanol–water partition coefficient (Wildman–Crippen LogP) is 17.1. The Bertz CT molecular complexity index is 1560. The lowest BCUT2D eigenvalue weighted by Gasteiger charge is -2.24. The summed E-state index contributed by atoms with van der Waals surface area (Å²) in [6.07, 6.45) is 75.1.